The molecule has 0 amide bonds. The number of carboxylic acids is 1. The Bertz CT molecular complexity index is 958. The normalized spacial score (nSPS) is 54.4. The van der Waals surface area contributed by atoms with E-state index in [-0.39, 0.29) is 28.1 Å². The maximum absolute atomic E-state index is 12.7. The molecule has 0 aromatic rings. The highest BCUT2D eigenvalue weighted by Gasteiger charge is 2.70. The van der Waals surface area contributed by atoms with Crippen LogP contribution in [0.1, 0.15) is 127 Å². The highest BCUT2D eigenvalue weighted by atomic mass is 16.4. The summed E-state index contributed by atoms with van der Waals surface area (Å²) in [7, 11) is 0. The Morgan fingerprint density at radius 1 is 0.857 bits per heavy atom. The van der Waals surface area contributed by atoms with Crippen LogP contribution in [0.4, 0.5) is 0 Å². The molecule has 0 radical (unpaired) electrons. The number of rotatable bonds is 1. The molecule has 2 heteroatoms. The second kappa shape index (κ2) is 7.19. The third-order valence-corrected chi connectivity index (χ3v) is 14.6. The third kappa shape index (κ3) is 2.98. The molecule has 0 aromatic heterocycles. The molecule has 0 bridgehead atoms. The van der Waals surface area contributed by atoms with E-state index < -0.39 is 11.4 Å². The fraction of sp³-hybridized carbons (Fsp3) is 0.909. The van der Waals surface area contributed by atoms with Crippen molar-refractivity contribution in [1.29, 1.82) is 0 Å². The maximum Gasteiger partial charge on any atom is 0.309 e. The average Bonchev–Trinajstić information content (AvgIpc) is 2.72. The number of allylic oxidation sites excluding steroid dienone is 2. The van der Waals surface area contributed by atoms with E-state index in [0.29, 0.717) is 28.1 Å². The minimum absolute atomic E-state index is 0.115. The minimum Gasteiger partial charge on any atom is -0.481 e. The molecule has 198 valence electrons. The lowest BCUT2D eigenvalue weighted by Crippen LogP contribution is -2.66. The number of hydrogen-bond acceptors (Lipinski definition) is 1. The molecule has 0 aromatic carbocycles. The first-order chi connectivity index (χ1) is 15.9. The summed E-state index contributed by atoms with van der Waals surface area (Å²) < 4.78 is 0. The zero-order valence-electron chi connectivity index (χ0n) is 24.6. The van der Waals surface area contributed by atoms with Gasteiger partial charge in [-0.1, -0.05) is 74.0 Å². The Kier molecular flexibility index (Phi) is 5.31. The molecule has 4 fully saturated rings. The molecule has 35 heavy (non-hydrogen) atoms. The molecular weight excluding hydrogens is 428 g/mol. The monoisotopic (exact) mass is 482 g/mol. The zero-order valence-corrected chi connectivity index (χ0v) is 24.6. The van der Waals surface area contributed by atoms with Crippen LogP contribution < -0.4 is 0 Å². The number of fused-ring (bicyclic) bond motifs is 7. The highest BCUT2D eigenvalue weighted by Crippen LogP contribution is 2.77. The van der Waals surface area contributed by atoms with Gasteiger partial charge in [0.25, 0.3) is 0 Å². The molecule has 5 rings (SSSR count). The number of aliphatic carboxylic acids is 1. The van der Waals surface area contributed by atoms with Crippen molar-refractivity contribution in [3.05, 3.63) is 11.6 Å². The van der Waals surface area contributed by atoms with Crippen LogP contribution >= 0.6 is 0 Å². The molecular formula is C33H54O2. The van der Waals surface area contributed by atoms with Gasteiger partial charge in [0.05, 0.1) is 5.41 Å². The largest absolute Gasteiger partial charge is 0.481 e. The predicted octanol–water partition coefficient (Wildman–Crippen LogP) is 9.14. The smallest absolute Gasteiger partial charge is 0.309 e. The SMILES string of the molecule is CC1CCC2(C)C(CCC3(C)C2CC=C2C4CC(C)(C)CC(C)(C)C4(C)CCC23C)C1(C)C(=O)O. The number of hydrogen-bond donors (Lipinski definition) is 1. The van der Waals surface area contributed by atoms with Crippen LogP contribution in [-0.4, -0.2) is 11.1 Å². The standard InChI is InChI=1S/C33H54O2/c1-21-13-15-29(6)24-12-11-22-23-19-27(2,3)20-28(4,5)30(23,7)17-18-31(22,8)32(24,9)16-14-25(29)33(21,10)26(34)35/h11,21,23-25H,12-20H2,1-10H3,(H,34,35). The second-order valence-electron chi connectivity index (χ2n) is 16.7. The van der Waals surface area contributed by atoms with Crippen LogP contribution in [0.2, 0.25) is 0 Å². The van der Waals surface area contributed by atoms with Gasteiger partial charge in [-0.05, 0) is 121 Å². The van der Waals surface area contributed by atoms with Gasteiger partial charge in [-0.25, -0.2) is 0 Å². The molecule has 5 aliphatic rings. The van der Waals surface area contributed by atoms with Crippen molar-refractivity contribution in [2.24, 2.45) is 61.6 Å². The van der Waals surface area contributed by atoms with Crippen LogP contribution in [0.5, 0.6) is 0 Å². The average molecular weight is 483 g/mol. The first-order valence-electron chi connectivity index (χ1n) is 14.8. The van der Waals surface area contributed by atoms with E-state index >= 15 is 0 Å². The van der Waals surface area contributed by atoms with E-state index in [9.17, 15) is 9.90 Å². The molecule has 5 aliphatic carbocycles. The fourth-order valence-electron chi connectivity index (χ4n) is 11.9. The van der Waals surface area contributed by atoms with Gasteiger partial charge in [-0.2, -0.15) is 0 Å². The van der Waals surface area contributed by atoms with E-state index in [1.165, 1.54) is 38.5 Å². The lowest BCUT2D eigenvalue weighted by atomic mass is 9.32. The van der Waals surface area contributed by atoms with Crippen molar-refractivity contribution < 1.29 is 9.90 Å². The second-order valence-corrected chi connectivity index (χ2v) is 16.7. The first-order valence-corrected chi connectivity index (χ1v) is 14.8. The summed E-state index contributed by atoms with van der Waals surface area (Å²) in [5, 5.41) is 10.5. The zero-order chi connectivity index (χ0) is 26.0. The van der Waals surface area contributed by atoms with Gasteiger partial charge in [0.1, 0.15) is 0 Å². The molecule has 2 nitrogen and oxygen atoms in total. The quantitative estimate of drug-likeness (QED) is 0.378. The summed E-state index contributed by atoms with van der Waals surface area (Å²) in [5.41, 5.74) is 2.93. The molecule has 9 atom stereocenters. The fourth-order valence-corrected chi connectivity index (χ4v) is 11.9. The van der Waals surface area contributed by atoms with Gasteiger partial charge in [0, 0.05) is 0 Å². The molecule has 0 aliphatic heterocycles. The van der Waals surface area contributed by atoms with Crippen LogP contribution in [0.15, 0.2) is 11.6 Å². The molecule has 0 spiro atoms. The van der Waals surface area contributed by atoms with E-state index in [4.69, 9.17) is 0 Å². The summed E-state index contributed by atoms with van der Waals surface area (Å²) >= 11 is 0. The maximum atomic E-state index is 12.7. The Labute approximate surface area is 216 Å². The summed E-state index contributed by atoms with van der Waals surface area (Å²) in [6, 6.07) is 0. The molecule has 1 N–H and O–H groups in total. The van der Waals surface area contributed by atoms with Crippen molar-refractivity contribution in [2.75, 3.05) is 0 Å². The Balaban J connectivity index is 1.60. The van der Waals surface area contributed by atoms with E-state index in [2.05, 4.69) is 75.3 Å². The topological polar surface area (TPSA) is 37.3 Å². The van der Waals surface area contributed by atoms with Gasteiger partial charge in [0.2, 0.25) is 0 Å². The van der Waals surface area contributed by atoms with Crippen molar-refractivity contribution >= 4 is 5.97 Å². The minimum atomic E-state index is -0.595. The van der Waals surface area contributed by atoms with Crippen LogP contribution in [-0.2, 0) is 4.79 Å². The van der Waals surface area contributed by atoms with Gasteiger partial charge >= 0.3 is 5.97 Å². The number of carbonyl (C=O) groups is 1. The third-order valence-electron chi connectivity index (χ3n) is 14.6. The predicted molar refractivity (Wildman–Crippen MR) is 145 cm³/mol. The van der Waals surface area contributed by atoms with Crippen LogP contribution in [0.25, 0.3) is 0 Å². The summed E-state index contributed by atoms with van der Waals surface area (Å²) in [6.07, 6.45) is 13.7. The van der Waals surface area contributed by atoms with Crippen molar-refractivity contribution in [3.8, 4) is 0 Å². The molecule has 0 heterocycles. The molecule has 4 saturated carbocycles. The lowest BCUT2D eigenvalue weighted by Gasteiger charge is -2.72. The molecule has 9 unspecified atom stereocenters. The van der Waals surface area contributed by atoms with Gasteiger partial charge < -0.3 is 5.11 Å². The Morgan fingerprint density at radius 2 is 1.51 bits per heavy atom. The van der Waals surface area contributed by atoms with Gasteiger partial charge in [0.15, 0.2) is 0 Å². The summed E-state index contributed by atoms with van der Waals surface area (Å²) in [5.74, 6) is 1.26. The summed E-state index contributed by atoms with van der Waals surface area (Å²) in [4.78, 5) is 12.7. The molecule has 0 saturated heterocycles. The van der Waals surface area contributed by atoms with E-state index in [1.54, 1.807) is 5.57 Å². The van der Waals surface area contributed by atoms with Crippen molar-refractivity contribution in [2.45, 2.75) is 127 Å². The van der Waals surface area contributed by atoms with Crippen LogP contribution in [0, 0.1) is 61.6 Å². The van der Waals surface area contributed by atoms with Crippen molar-refractivity contribution in [1.82, 2.24) is 0 Å². The number of carboxylic acid groups (broad SMARTS) is 1. The Morgan fingerprint density at radius 3 is 2.14 bits per heavy atom. The van der Waals surface area contributed by atoms with Gasteiger partial charge in [-0.3, -0.25) is 4.79 Å². The van der Waals surface area contributed by atoms with Crippen molar-refractivity contribution in [3.63, 3.8) is 0 Å². The Hall–Kier alpha value is -0.790. The van der Waals surface area contributed by atoms with Gasteiger partial charge in [-0.15, -0.1) is 0 Å². The van der Waals surface area contributed by atoms with E-state index in [0.717, 1.165) is 19.3 Å². The van der Waals surface area contributed by atoms with E-state index in [1.807, 2.05) is 0 Å². The lowest BCUT2D eigenvalue weighted by molar-refractivity contribution is -0.209. The highest BCUT2D eigenvalue weighted by molar-refractivity contribution is 5.75. The van der Waals surface area contributed by atoms with Crippen LogP contribution in [0.3, 0.4) is 0 Å². The summed E-state index contributed by atoms with van der Waals surface area (Å²) in [6.45, 7) is 24.8. The first kappa shape index (κ1) is 25.8.